The lowest BCUT2D eigenvalue weighted by Crippen LogP contribution is -2.17. The van der Waals surface area contributed by atoms with E-state index in [0.717, 1.165) is 11.3 Å². The Labute approximate surface area is 113 Å². The highest BCUT2D eigenvalue weighted by molar-refractivity contribution is 5.43. The van der Waals surface area contributed by atoms with Crippen LogP contribution in [0.4, 0.5) is 5.69 Å². The van der Waals surface area contributed by atoms with Gasteiger partial charge in [0.25, 0.3) is 5.69 Å². The van der Waals surface area contributed by atoms with Gasteiger partial charge >= 0.3 is 0 Å². The predicted octanol–water partition coefficient (Wildman–Crippen LogP) is 2.88. The van der Waals surface area contributed by atoms with E-state index in [1.165, 1.54) is 18.9 Å². The highest BCUT2D eigenvalue weighted by Crippen LogP contribution is 2.26. The Morgan fingerprint density at radius 3 is 2.79 bits per heavy atom. The second-order valence-corrected chi connectivity index (χ2v) is 5.41. The summed E-state index contributed by atoms with van der Waals surface area (Å²) in [6.07, 6.45) is 2.38. The van der Waals surface area contributed by atoms with Crippen LogP contribution in [0.25, 0.3) is 0 Å². The molecule has 0 bridgehead atoms. The zero-order valence-electron chi connectivity index (χ0n) is 11.4. The molecule has 0 heterocycles. The van der Waals surface area contributed by atoms with Gasteiger partial charge in [0.05, 0.1) is 11.5 Å². The molecule has 1 aliphatic rings. The molecule has 1 fully saturated rings. The van der Waals surface area contributed by atoms with Gasteiger partial charge in [0.1, 0.15) is 5.75 Å². The van der Waals surface area contributed by atoms with E-state index in [0.29, 0.717) is 25.1 Å². The third-order valence-corrected chi connectivity index (χ3v) is 2.99. The summed E-state index contributed by atoms with van der Waals surface area (Å²) in [5, 5.41) is 14.2. The number of nitro benzene ring substituents is 1. The van der Waals surface area contributed by atoms with Crippen molar-refractivity contribution in [2.75, 3.05) is 6.61 Å². The molecule has 19 heavy (non-hydrogen) atoms. The minimum atomic E-state index is -0.368. The standard InChI is InChI=1S/C14H20N2O3/c1-10(2)9-19-14-6-5-13(16(17)18)7-11(14)8-15-12-3-4-12/h5-7,10,12,15H,3-4,8-9H2,1-2H3. The van der Waals surface area contributed by atoms with Gasteiger partial charge in [-0.1, -0.05) is 13.8 Å². The van der Waals surface area contributed by atoms with Crippen molar-refractivity contribution < 1.29 is 9.66 Å². The number of hydrogen-bond acceptors (Lipinski definition) is 4. The van der Waals surface area contributed by atoms with Gasteiger partial charge in [-0.05, 0) is 24.8 Å². The smallest absolute Gasteiger partial charge is 0.270 e. The lowest BCUT2D eigenvalue weighted by molar-refractivity contribution is -0.384. The zero-order valence-corrected chi connectivity index (χ0v) is 11.4. The van der Waals surface area contributed by atoms with Crippen LogP contribution in [-0.4, -0.2) is 17.6 Å². The molecule has 5 heteroatoms. The van der Waals surface area contributed by atoms with Crippen LogP contribution in [0.5, 0.6) is 5.75 Å². The molecular formula is C14H20N2O3. The van der Waals surface area contributed by atoms with Crippen molar-refractivity contribution in [3.63, 3.8) is 0 Å². The lowest BCUT2D eigenvalue weighted by atomic mass is 10.1. The van der Waals surface area contributed by atoms with Gasteiger partial charge in [0.2, 0.25) is 0 Å². The Kier molecular flexibility index (Phi) is 4.37. The van der Waals surface area contributed by atoms with E-state index >= 15 is 0 Å². The predicted molar refractivity (Wildman–Crippen MR) is 73.3 cm³/mol. The van der Waals surface area contributed by atoms with Crippen LogP contribution in [0.2, 0.25) is 0 Å². The van der Waals surface area contributed by atoms with Crippen molar-refractivity contribution in [2.24, 2.45) is 5.92 Å². The topological polar surface area (TPSA) is 64.4 Å². The average Bonchev–Trinajstić information content (AvgIpc) is 3.18. The maximum absolute atomic E-state index is 10.8. The SMILES string of the molecule is CC(C)COc1ccc([N+](=O)[O-])cc1CNC1CC1. The van der Waals surface area contributed by atoms with E-state index in [4.69, 9.17) is 4.74 Å². The van der Waals surface area contributed by atoms with Crippen molar-refractivity contribution in [3.05, 3.63) is 33.9 Å². The normalized spacial score (nSPS) is 14.7. The molecule has 1 saturated carbocycles. The Bertz CT molecular complexity index is 456. The number of rotatable bonds is 7. The molecule has 0 atom stereocenters. The third kappa shape index (κ3) is 4.21. The van der Waals surface area contributed by atoms with Gasteiger partial charge in [-0.2, -0.15) is 0 Å². The van der Waals surface area contributed by atoms with Crippen LogP contribution in [0.3, 0.4) is 0 Å². The number of nitrogens with zero attached hydrogens (tertiary/aromatic N) is 1. The fraction of sp³-hybridized carbons (Fsp3) is 0.571. The molecule has 0 saturated heterocycles. The summed E-state index contributed by atoms with van der Waals surface area (Å²) in [6, 6.07) is 5.36. The van der Waals surface area contributed by atoms with E-state index in [2.05, 4.69) is 19.2 Å². The molecule has 0 spiro atoms. The number of nitrogens with one attached hydrogen (secondary N) is 1. The number of non-ortho nitro benzene ring substituents is 1. The quantitative estimate of drug-likeness (QED) is 0.607. The number of nitro groups is 1. The molecule has 1 aromatic rings. The van der Waals surface area contributed by atoms with Crippen molar-refractivity contribution in [2.45, 2.75) is 39.3 Å². The van der Waals surface area contributed by atoms with Crippen LogP contribution >= 0.6 is 0 Å². The second kappa shape index (κ2) is 6.02. The zero-order chi connectivity index (χ0) is 13.8. The van der Waals surface area contributed by atoms with Crippen LogP contribution in [-0.2, 0) is 6.54 Å². The van der Waals surface area contributed by atoms with Crippen molar-refractivity contribution in [3.8, 4) is 5.75 Å². The Morgan fingerprint density at radius 2 is 2.21 bits per heavy atom. The lowest BCUT2D eigenvalue weighted by Gasteiger charge is -2.13. The van der Waals surface area contributed by atoms with Gasteiger partial charge in [0, 0.05) is 30.3 Å². The first-order chi connectivity index (χ1) is 9.06. The van der Waals surface area contributed by atoms with E-state index in [-0.39, 0.29) is 10.6 Å². The first-order valence-corrected chi connectivity index (χ1v) is 6.69. The average molecular weight is 264 g/mol. The van der Waals surface area contributed by atoms with E-state index in [1.807, 2.05) is 0 Å². The molecule has 0 unspecified atom stereocenters. The maximum atomic E-state index is 10.8. The Hall–Kier alpha value is -1.62. The van der Waals surface area contributed by atoms with Gasteiger partial charge in [0.15, 0.2) is 0 Å². The molecule has 1 aliphatic carbocycles. The van der Waals surface area contributed by atoms with E-state index in [1.54, 1.807) is 12.1 Å². The number of benzene rings is 1. The summed E-state index contributed by atoms with van der Waals surface area (Å²) >= 11 is 0. The van der Waals surface area contributed by atoms with E-state index < -0.39 is 0 Å². The molecule has 104 valence electrons. The van der Waals surface area contributed by atoms with Crippen molar-refractivity contribution >= 4 is 5.69 Å². The molecular weight excluding hydrogens is 244 g/mol. The van der Waals surface area contributed by atoms with Crippen LogP contribution in [0, 0.1) is 16.0 Å². The highest BCUT2D eigenvalue weighted by atomic mass is 16.6. The van der Waals surface area contributed by atoms with Gasteiger partial charge in [-0.3, -0.25) is 10.1 Å². The minimum absolute atomic E-state index is 0.115. The number of ether oxygens (including phenoxy) is 1. The summed E-state index contributed by atoms with van der Waals surface area (Å²) in [7, 11) is 0. The maximum Gasteiger partial charge on any atom is 0.270 e. The Balaban J connectivity index is 2.11. The second-order valence-electron chi connectivity index (χ2n) is 5.41. The van der Waals surface area contributed by atoms with Crippen LogP contribution in [0.1, 0.15) is 32.3 Å². The molecule has 0 radical (unpaired) electrons. The van der Waals surface area contributed by atoms with Crippen LogP contribution < -0.4 is 10.1 Å². The number of hydrogen-bond donors (Lipinski definition) is 1. The summed E-state index contributed by atoms with van der Waals surface area (Å²) in [5.74, 6) is 1.17. The monoisotopic (exact) mass is 264 g/mol. The molecule has 0 aromatic heterocycles. The molecule has 0 aliphatic heterocycles. The molecule has 1 N–H and O–H groups in total. The molecule has 0 amide bonds. The van der Waals surface area contributed by atoms with E-state index in [9.17, 15) is 10.1 Å². The van der Waals surface area contributed by atoms with Gasteiger partial charge < -0.3 is 10.1 Å². The highest BCUT2D eigenvalue weighted by Gasteiger charge is 2.21. The molecule has 5 nitrogen and oxygen atoms in total. The third-order valence-electron chi connectivity index (χ3n) is 2.99. The summed E-state index contributed by atoms with van der Waals surface area (Å²) in [4.78, 5) is 10.5. The first kappa shape index (κ1) is 13.8. The van der Waals surface area contributed by atoms with Crippen LogP contribution in [0.15, 0.2) is 18.2 Å². The largest absolute Gasteiger partial charge is 0.493 e. The fourth-order valence-electron chi connectivity index (χ4n) is 1.76. The Morgan fingerprint density at radius 1 is 1.47 bits per heavy atom. The summed E-state index contributed by atoms with van der Waals surface area (Å²) in [6.45, 7) is 5.40. The summed E-state index contributed by atoms with van der Waals surface area (Å²) < 4.78 is 5.72. The first-order valence-electron chi connectivity index (χ1n) is 6.69. The molecule has 1 aromatic carbocycles. The fourth-order valence-corrected chi connectivity index (χ4v) is 1.76. The van der Waals surface area contributed by atoms with Gasteiger partial charge in [-0.25, -0.2) is 0 Å². The molecule has 2 rings (SSSR count). The minimum Gasteiger partial charge on any atom is -0.493 e. The van der Waals surface area contributed by atoms with Crippen molar-refractivity contribution in [1.29, 1.82) is 0 Å². The van der Waals surface area contributed by atoms with Gasteiger partial charge in [-0.15, -0.1) is 0 Å². The van der Waals surface area contributed by atoms with Crippen molar-refractivity contribution in [1.82, 2.24) is 5.32 Å². The summed E-state index contributed by atoms with van der Waals surface area (Å²) in [5.41, 5.74) is 0.978.